The minimum Gasteiger partial charge on any atom is -0.491 e. The SMILES string of the molecule is C[C@@H](N)C(=O)NCCOc1ccccc1C(F)(F)F.Cl. The number of alkyl halides is 3. The van der Waals surface area contributed by atoms with Crippen molar-refractivity contribution in [3.8, 4) is 5.75 Å². The Labute approximate surface area is 120 Å². The van der Waals surface area contributed by atoms with Crippen LogP contribution >= 0.6 is 12.4 Å². The van der Waals surface area contributed by atoms with Crippen molar-refractivity contribution in [2.24, 2.45) is 5.73 Å². The molecule has 0 aromatic heterocycles. The number of halogens is 4. The maximum Gasteiger partial charge on any atom is 0.419 e. The molecule has 1 aromatic rings. The summed E-state index contributed by atoms with van der Waals surface area (Å²) in [4.78, 5) is 11.1. The van der Waals surface area contributed by atoms with Gasteiger partial charge in [-0.2, -0.15) is 13.2 Å². The van der Waals surface area contributed by atoms with E-state index in [0.717, 1.165) is 6.07 Å². The highest BCUT2D eigenvalue weighted by molar-refractivity contribution is 5.85. The van der Waals surface area contributed by atoms with Gasteiger partial charge in [0.1, 0.15) is 12.4 Å². The fourth-order valence-corrected chi connectivity index (χ4v) is 1.32. The molecule has 0 heterocycles. The van der Waals surface area contributed by atoms with E-state index in [0.29, 0.717) is 0 Å². The van der Waals surface area contributed by atoms with Gasteiger partial charge in [-0.1, -0.05) is 12.1 Å². The van der Waals surface area contributed by atoms with Crippen molar-refractivity contribution in [2.75, 3.05) is 13.2 Å². The Morgan fingerprint density at radius 1 is 1.40 bits per heavy atom. The monoisotopic (exact) mass is 312 g/mol. The predicted molar refractivity (Wildman–Crippen MR) is 70.8 cm³/mol. The van der Waals surface area contributed by atoms with Crippen LogP contribution in [0.4, 0.5) is 13.2 Å². The third kappa shape index (κ3) is 5.66. The highest BCUT2D eigenvalue weighted by atomic mass is 35.5. The van der Waals surface area contributed by atoms with E-state index in [1.165, 1.54) is 25.1 Å². The van der Waals surface area contributed by atoms with Crippen molar-refractivity contribution in [1.82, 2.24) is 5.32 Å². The smallest absolute Gasteiger partial charge is 0.419 e. The topological polar surface area (TPSA) is 64.4 Å². The van der Waals surface area contributed by atoms with Gasteiger partial charge >= 0.3 is 6.18 Å². The molecule has 0 unspecified atom stereocenters. The lowest BCUT2D eigenvalue weighted by atomic mass is 10.2. The highest BCUT2D eigenvalue weighted by Gasteiger charge is 2.33. The molecule has 8 heteroatoms. The van der Waals surface area contributed by atoms with Crippen LogP contribution in [0.25, 0.3) is 0 Å². The molecule has 0 aliphatic carbocycles. The molecule has 0 aliphatic rings. The number of nitrogens with one attached hydrogen (secondary N) is 1. The summed E-state index contributed by atoms with van der Waals surface area (Å²) in [5.74, 6) is -0.641. The summed E-state index contributed by atoms with van der Waals surface area (Å²) in [7, 11) is 0. The van der Waals surface area contributed by atoms with Crippen LogP contribution in [0.3, 0.4) is 0 Å². The molecule has 0 saturated carbocycles. The van der Waals surface area contributed by atoms with Crippen LogP contribution in [0.5, 0.6) is 5.75 Å². The summed E-state index contributed by atoms with van der Waals surface area (Å²) >= 11 is 0. The molecule has 0 spiro atoms. The van der Waals surface area contributed by atoms with Crippen molar-refractivity contribution in [3.05, 3.63) is 29.8 Å². The fourth-order valence-electron chi connectivity index (χ4n) is 1.32. The molecule has 1 rings (SSSR count). The zero-order chi connectivity index (χ0) is 14.5. The van der Waals surface area contributed by atoms with E-state index < -0.39 is 17.8 Å². The molecule has 3 N–H and O–H groups in total. The molecule has 0 radical (unpaired) electrons. The Balaban J connectivity index is 0.00000361. The zero-order valence-electron chi connectivity index (χ0n) is 10.7. The van der Waals surface area contributed by atoms with E-state index in [4.69, 9.17) is 10.5 Å². The lowest BCUT2D eigenvalue weighted by Crippen LogP contribution is -2.40. The van der Waals surface area contributed by atoms with Crippen LogP contribution in [0.1, 0.15) is 12.5 Å². The number of nitrogens with two attached hydrogens (primary N) is 1. The second-order valence-electron chi connectivity index (χ2n) is 3.92. The van der Waals surface area contributed by atoms with Crippen LogP contribution in [0.15, 0.2) is 24.3 Å². The lowest BCUT2D eigenvalue weighted by molar-refractivity contribution is -0.139. The van der Waals surface area contributed by atoms with Crippen LogP contribution < -0.4 is 15.8 Å². The molecule has 0 saturated heterocycles. The Morgan fingerprint density at radius 3 is 2.55 bits per heavy atom. The first-order valence-corrected chi connectivity index (χ1v) is 5.64. The molecular formula is C12H16ClF3N2O2. The molecule has 4 nitrogen and oxygen atoms in total. The van der Waals surface area contributed by atoms with E-state index in [1.807, 2.05) is 0 Å². The standard InChI is InChI=1S/C12H15F3N2O2.ClH/c1-8(16)11(18)17-6-7-19-10-5-3-2-4-9(10)12(13,14)15;/h2-5,8H,6-7,16H2,1H3,(H,17,18);1H/t8-;/m1./s1. The Morgan fingerprint density at radius 2 is 2.00 bits per heavy atom. The summed E-state index contributed by atoms with van der Waals surface area (Å²) in [6, 6.07) is 4.24. The molecule has 1 aromatic carbocycles. The van der Waals surface area contributed by atoms with E-state index in [-0.39, 0.29) is 37.2 Å². The van der Waals surface area contributed by atoms with E-state index in [9.17, 15) is 18.0 Å². The first kappa shape index (κ1) is 18.5. The summed E-state index contributed by atoms with van der Waals surface area (Å²) < 4.78 is 42.9. The van der Waals surface area contributed by atoms with Crippen molar-refractivity contribution >= 4 is 18.3 Å². The Kier molecular flexibility index (Phi) is 7.38. The molecular weight excluding hydrogens is 297 g/mol. The third-order valence-electron chi connectivity index (χ3n) is 2.26. The quantitative estimate of drug-likeness (QED) is 0.817. The number of ether oxygens (including phenoxy) is 1. The maximum atomic E-state index is 12.6. The number of carbonyl (C=O) groups is 1. The number of carbonyl (C=O) groups excluding carboxylic acids is 1. The van der Waals surface area contributed by atoms with Gasteiger partial charge in [0.2, 0.25) is 5.91 Å². The first-order valence-electron chi connectivity index (χ1n) is 5.64. The largest absolute Gasteiger partial charge is 0.491 e. The molecule has 1 atom stereocenters. The van der Waals surface area contributed by atoms with Gasteiger partial charge in [0.25, 0.3) is 0 Å². The summed E-state index contributed by atoms with van der Waals surface area (Å²) in [6.07, 6.45) is -4.47. The minimum absolute atomic E-state index is 0. The Bertz CT molecular complexity index is 439. The molecule has 0 fully saturated rings. The van der Waals surface area contributed by atoms with Crippen LogP contribution in [0, 0.1) is 0 Å². The van der Waals surface area contributed by atoms with E-state index in [1.54, 1.807) is 0 Å². The van der Waals surface area contributed by atoms with Crippen molar-refractivity contribution in [3.63, 3.8) is 0 Å². The van der Waals surface area contributed by atoms with Crippen molar-refractivity contribution in [1.29, 1.82) is 0 Å². The van der Waals surface area contributed by atoms with Crippen LogP contribution in [-0.4, -0.2) is 25.1 Å². The number of hydrogen-bond acceptors (Lipinski definition) is 3. The van der Waals surface area contributed by atoms with Gasteiger partial charge in [0.05, 0.1) is 18.2 Å². The molecule has 20 heavy (non-hydrogen) atoms. The summed E-state index contributed by atoms with van der Waals surface area (Å²) in [5, 5.41) is 2.44. The molecule has 114 valence electrons. The van der Waals surface area contributed by atoms with E-state index in [2.05, 4.69) is 5.32 Å². The van der Waals surface area contributed by atoms with Crippen LogP contribution in [-0.2, 0) is 11.0 Å². The molecule has 0 aliphatic heterocycles. The molecule has 0 bridgehead atoms. The van der Waals surface area contributed by atoms with Crippen molar-refractivity contribution < 1.29 is 22.7 Å². The average Bonchev–Trinajstić information content (AvgIpc) is 2.33. The van der Waals surface area contributed by atoms with Gasteiger partial charge in [0, 0.05) is 0 Å². The van der Waals surface area contributed by atoms with Gasteiger partial charge in [0.15, 0.2) is 0 Å². The molecule has 1 amide bonds. The maximum absolute atomic E-state index is 12.6. The normalized spacial score (nSPS) is 12.2. The third-order valence-corrected chi connectivity index (χ3v) is 2.26. The number of amides is 1. The van der Waals surface area contributed by atoms with Crippen molar-refractivity contribution in [2.45, 2.75) is 19.1 Å². The van der Waals surface area contributed by atoms with E-state index >= 15 is 0 Å². The zero-order valence-corrected chi connectivity index (χ0v) is 11.6. The van der Waals surface area contributed by atoms with Gasteiger partial charge < -0.3 is 15.8 Å². The number of benzene rings is 1. The van der Waals surface area contributed by atoms with Gasteiger partial charge in [-0.25, -0.2) is 0 Å². The highest BCUT2D eigenvalue weighted by Crippen LogP contribution is 2.35. The van der Waals surface area contributed by atoms with Gasteiger partial charge in [-0.15, -0.1) is 12.4 Å². The van der Waals surface area contributed by atoms with Gasteiger partial charge in [-0.3, -0.25) is 4.79 Å². The summed E-state index contributed by atoms with van der Waals surface area (Å²) in [5.41, 5.74) is 4.47. The second kappa shape index (κ2) is 7.96. The average molecular weight is 313 g/mol. The lowest BCUT2D eigenvalue weighted by Gasteiger charge is -2.14. The Hall–Kier alpha value is -1.47. The summed E-state index contributed by atoms with van der Waals surface area (Å²) in [6.45, 7) is 1.53. The number of hydrogen-bond donors (Lipinski definition) is 2. The van der Waals surface area contributed by atoms with Crippen LogP contribution in [0.2, 0.25) is 0 Å². The number of rotatable bonds is 5. The minimum atomic E-state index is -4.47. The number of para-hydroxylation sites is 1. The van der Waals surface area contributed by atoms with Gasteiger partial charge in [-0.05, 0) is 19.1 Å². The predicted octanol–water partition coefficient (Wildman–Crippen LogP) is 1.97. The second-order valence-corrected chi connectivity index (χ2v) is 3.92. The fraction of sp³-hybridized carbons (Fsp3) is 0.417. The first-order chi connectivity index (χ1) is 8.82.